The van der Waals surface area contributed by atoms with Gasteiger partial charge in [-0.25, -0.2) is 9.82 Å². The molecule has 170 valence electrons. The van der Waals surface area contributed by atoms with Gasteiger partial charge in [-0.15, -0.1) is 0 Å². The molecule has 2 rings (SSSR count). The lowest BCUT2D eigenvalue weighted by Crippen LogP contribution is -2.48. The van der Waals surface area contributed by atoms with Gasteiger partial charge in [0.05, 0.1) is 16.9 Å². The molecule has 0 aromatic heterocycles. The Morgan fingerprint density at radius 3 is 2.53 bits per heavy atom. The minimum atomic E-state index is -0.825. The van der Waals surface area contributed by atoms with Crippen molar-refractivity contribution in [1.29, 1.82) is 0 Å². The van der Waals surface area contributed by atoms with Gasteiger partial charge in [0, 0.05) is 5.56 Å². The summed E-state index contributed by atoms with van der Waals surface area (Å²) in [7, 11) is 1.53. The average Bonchev–Trinajstić information content (AvgIpc) is 2.76. The van der Waals surface area contributed by atoms with E-state index in [-0.39, 0.29) is 11.5 Å². The fourth-order valence-electron chi connectivity index (χ4n) is 2.70. The van der Waals surface area contributed by atoms with E-state index in [1.54, 1.807) is 26.0 Å². The fourth-order valence-corrected chi connectivity index (χ4v) is 3.48. The van der Waals surface area contributed by atoms with Crippen molar-refractivity contribution in [2.24, 2.45) is 11.0 Å². The average molecular weight is 553 g/mol. The highest BCUT2D eigenvalue weighted by molar-refractivity contribution is 14.1. The Morgan fingerprint density at radius 1 is 1.25 bits per heavy atom. The molecule has 2 amide bonds. The normalized spacial score (nSPS) is 11.8. The van der Waals surface area contributed by atoms with Crippen LogP contribution in [0.25, 0.3) is 0 Å². The number of ether oxygens (including phenoxy) is 2. The highest BCUT2D eigenvalue weighted by atomic mass is 127. The van der Waals surface area contributed by atoms with E-state index in [4.69, 9.17) is 9.47 Å². The topological polar surface area (TPSA) is 89.0 Å². The molecular weight excluding hydrogens is 528 g/mol. The van der Waals surface area contributed by atoms with Crippen LogP contribution in [0.2, 0.25) is 0 Å². The molecule has 1 atom stereocenters. The third-order valence-electron chi connectivity index (χ3n) is 4.33. The first-order chi connectivity index (χ1) is 15.3. The first-order valence-corrected chi connectivity index (χ1v) is 10.8. The SMILES string of the molecule is C=CCOc1c(I)cc(/C=N/NC(=O)C(NC(=O)c2ccc(F)cc2)C(C)C)cc1OC. The molecule has 0 saturated heterocycles. The largest absolute Gasteiger partial charge is 0.493 e. The summed E-state index contributed by atoms with van der Waals surface area (Å²) in [6, 6.07) is 7.82. The van der Waals surface area contributed by atoms with Crippen LogP contribution in [0.4, 0.5) is 4.39 Å². The van der Waals surface area contributed by atoms with Crippen LogP contribution >= 0.6 is 22.6 Å². The van der Waals surface area contributed by atoms with Crippen LogP contribution in [-0.4, -0.2) is 37.8 Å². The van der Waals surface area contributed by atoms with Crippen molar-refractivity contribution in [2.45, 2.75) is 19.9 Å². The first-order valence-electron chi connectivity index (χ1n) is 9.77. The summed E-state index contributed by atoms with van der Waals surface area (Å²) in [5, 5.41) is 6.67. The molecule has 0 aliphatic rings. The van der Waals surface area contributed by atoms with Crippen molar-refractivity contribution in [2.75, 3.05) is 13.7 Å². The summed E-state index contributed by atoms with van der Waals surface area (Å²) in [5.74, 6) is -0.468. The number of methoxy groups -OCH3 is 1. The molecule has 2 aromatic rings. The Balaban J connectivity index is 2.07. The summed E-state index contributed by atoms with van der Waals surface area (Å²) >= 11 is 2.12. The fraction of sp³-hybridized carbons (Fsp3) is 0.261. The molecule has 0 fully saturated rings. The van der Waals surface area contributed by atoms with E-state index in [9.17, 15) is 14.0 Å². The van der Waals surface area contributed by atoms with E-state index in [2.05, 4.69) is 45.0 Å². The second-order valence-electron chi connectivity index (χ2n) is 7.07. The maximum absolute atomic E-state index is 13.1. The van der Waals surface area contributed by atoms with Crippen molar-refractivity contribution in [3.63, 3.8) is 0 Å². The number of halogens is 2. The zero-order chi connectivity index (χ0) is 23.7. The number of hydrazone groups is 1. The second kappa shape index (κ2) is 12.2. The van der Waals surface area contributed by atoms with Gasteiger partial charge in [-0.05, 0) is 70.5 Å². The Kier molecular flexibility index (Phi) is 9.63. The van der Waals surface area contributed by atoms with Gasteiger partial charge in [0.25, 0.3) is 11.8 Å². The highest BCUT2D eigenvalue weighted by Gasteiger charge is 2.24. The lowest BCUT2D eigenvalue weighted by atomic mass is 10.0. The number of amides is 2. The molecule has 0 bridgehead atoms. The molecule has 0 radical (unpaired) electrons. The summed E-state index contributed by atoms with van der Waals surface area (Å²) < 4.78 is 24.9. The number of nitrogens with zero attached hydrogens (tertiary/aromatic N) is 1. The minimum absolute atomic E-state index is 0.197. The van der Waals surface area contributed by atoms with Crippen molar-refractivity contribution < 1.29 is 23.5 Å². The minimum Gasteiger partial charge on any atom is -0.493 e. The van der Waals surface area contributed by atoms with Gasteiger partial charge < -0.3 is 14.8 Å². The number of carbonyl (C=O) groups is 2. The Labute approximate surface area is 200 Å². The Morgan fingerprint density at radius 2 is 1.94 bits per heavy atom. The number of nitrogens with one attached hydrogen (secondary N) is 2. The number of carbonyl (C=O) groups excluding carboxylic acids is 2. The molecule has 2 N–H and O–H groups in total. The smallest absolute Gasteiger partial charge is 0.262 e. The van der Waals surface area contributed by atoms with Crippen LogP contribution < -0.4 is 20.2 Å². The van der Waals surface area contributed by atoms with Crippen molar-refractivity contribution in [1.82, 2.24) is 10.7 Å². The van der Waals surface area contributed by atoms with Crippen LogP contribution in [0.15, 0.2) is 54.2 Å². The predicted octanol–water partition coefficient (Wildman–Crippen LogP) is 3.91. The highest BCUT2D eigenvalue weighted by Crippen LogP contribution is 2.33. The Bertz CT molecular complexity index is 993. The van der Waals surface area contributed by atoms with Gasteiger partial charge in [0.15, 0.2) is 11.5 Å². The summed E-state index contributed by atoms with van der Waals surface area (Å²) in [5.41, 5.74) is 3.40. The van der Waals surface area contributed by atoms with Gasteiger partial charge in [-0.3, -0.25) is 9.59 Å². The van der Waals surface area contributed by atoms with Gasteiger partial charge >= 0.3 is 0 Å². The van der Waals surface area contributed by atoms with Gasteiger partial charge in [-0.1, -0.05) is 26.5 Å². The lowest BCUT2D eigenvalue weighted by molar-refractivity contribution is -0.123. The third kappa shape index (κ3) is 7.04. The number of benzene rings is 2. The van der Waals surface area contributed by atoms with E-state index < -0.39 is 23.7 Å². The maximum Gasteiger partial charge on any atom is 0.262 e. The molecule has 1 unspecified atom stereocenters. The van der Waals surface area contributed by atoms with Crippen LogP contribution in [0, 0.1) is 15.3 Å². The van der Waals surface area contributed by atoms with Crippen LogP contribution in [0.1, 0.15) is 29.8 Å². The zero-order valence-electron chi connectivity index (χ0n) is 18.0. The molecule has 0 aliphatic carbocycles. The van der Waals surface area contributed by atoms with E-state index in [0.717, 1.165) is 3.57 Å². The summed E-state index contributed by atoms with van der Waals surface area (Å²) in [6.07, 6.45) is 3.11. The van der Waals surface area contributed by atoms with E-state index in [0.29, 0.717) is 23.7 Å². The first kappa shape index (κ1) is 25.3. The lowest BCUT2D eigenvalue weighted by Gasteiger charge is -2.20. The van der Waals surface area contributed by atoms with Crippen LogP contribution in [-0.2, 0) is 4.79 Å². The molecule has 0 heterocycles. The maximum atomic E-state index is 13.1. The molecule has 0 saturated carbocycles. The molecule has 32 heavy (non-hydrogen) atoms. The van der Waals surface area contributed by atoms with Gasteiger partial charge in [-0.2, -0.15) is 5.10 Å². The molecule has 2 aromatic carbocycles. The third-order valence-corrected chi connectivity index (χ3v) is 5.13. The summed E-state index contributed by atoms with van der Waals surface area (Å²) in [6.45, 7) is 7.57. The molecule has 7 nitrogen and oxygen atoms in total. The molecule has 0 aliphatic heterocycles. The van der Waals surface area contributed by atoms with Crippen molar-refractivity contribution in [3.8, 4) is 11.5 Å². The van der Waals surface area contributed by atoms with Crippen LogP contribution in [0.3, 0.4) is 0 Å². The van der Waals surface area contributed by atoms with E-state index >= 15 is 0 Å². The number of hydrogen-bond acceptors (Lipinski definition) is 5. The quantitative estimate of drug-likeness (QED) is 0.202. The zero-order valence-corrected chi connectivity index (χ0v) is 20.2. The van der Waals surface area contributed by atoms with E-state index in [1.807, 2.05) is 6.07 Å². The second-order valence-corrected chi connectivity index (χ2v) is 8.23. The van der Waals surface area contributed by atoms with Crippen molar-refractivity contribution in [3.05, 3.63) is 69.6 Å². The monoisotopic (exact) mass is 553 g/mol. The number of hydrogen-bond donors (Lipinski definition) is 2. The predicted molar refractivity (Wildman–Crippen MR) is 130 cm³/mol. The van der Waals surface area contributed by atoms with Crippen LogP contribution in [0.5, 0.6) is 11.5 Å². The van der Waals surface area contributed by atoms with Crippen molar-refractivity contribution >= 4 is 40.6 Å². The van der Waals surface area contributed by atoms with E-state index in [1.165, 1.54) is 37.6 Å². The van der Waals surface area contributed by atoms with Gasteiger partial charge in [0.1, 0.15) is 18.5 Å². The standard InChI is InChI=1S/C23H25FIN3O4/c1-5-10-32-21-18(25)11-15(12-19(21)31-4)13-26-28-23(30)20(14(2)3)27-22(29)16-6-8-17(24)9-7-16/h5-9,11-14,20H,1,10H2,2-4H3,(H,27,29)(H,28,30)/b26-13+. The molecule has 0 spiro atoms. The van der Waals surface area contributed by atoms with Gasteiger partial charge in [0.2, 0.25) is 0 Å². The summed E-state index contributed by atoms with van der Waals surface area (Å²) in [4.78, 5) is 25.0. The number of rotatable bonds is 10. The molecule has 9 heteroatoms. The molecular formula is C23H25FIN3O4. The Hall–Kier alpha value is -2.95.